The zero-order valence-corrected chi connectivity index (χ0v) is 12.1. The van der Waals surface area contributed by atoms with Crippen LogP contribution in [0.4, 0.5) is 0 Å². The Bertz CT molecular complexity index is 424. The van der Waals surface area contributed by atoms with Crippen molar-refractivity contribution in [1.29, 1.82) is 0 Å². The molecule has 6 nitrogen and oxygen atoms in total. The van der Waals surface area contributed by atoms with Crippen molar-refractivity contribution in [3.8, 4) is 0 Å². The van der Waals surface area contributed by atoms with Gasteiger partial charge in [-0.2, -0.15) is 0 Å². The van der Waals surface area contributed by atoms with E-state index in [0.717, 1.165) is 26.2 Å². The molecule has 20 heavy (non-hydrogen) atoms. The molecule has 1 N–H and O–H groups in total. The lowest BCUT2D eigenvalue weighted by Gasteiger charge is -2.33. The number of carbonyl (C=O) groups excluding carboxylic acids is 1. The van der Waals surface area contributed by atoms with Crippen LogP contribution >= 0.6 is 0 Å². The largest absolute Gasteiger partial charge is 0.374 e. The average molecular weight is 278 g/mol. The minimum absolute atomic E-state index is 0.0446. The molecule has 1 atom stereocenters. The fourth-order valence-corrected chi connectivity index (χ4v) is 2.30. The van der Waals surface area contributed by atoms with Crippen LogP contribution in [0.25, 0.3) is 0 Å². The lowest BCUT2D eigenvalue weighted by Crippen LogP contribution is -2.48. The number of hydrogen-bond donors (Lipinski definition) is 1. The van der Waals surface area contributed by atoms with E-state index in [9.17, 15) is 4.79 Å². The fraction of sp³-hybridized carbons (Fsp3) is 0.643. The minimum Gasteiger partial charge on any atom is -0.374 e. The second kappa shape index (κ2) is 7.31. The molecule has 2 heterocycles. The second-order valence-electron chi connectivity index (χ2n) is 5.45. The number of nitrogens with one attached hydrogen (secondary N) is 1. The van der Waals surface area contributed by atoms with Crippen molar-refractivity contribution in [1.82, 2.24) is 20.2 Å². The Morgan fingerprint density at radius 2 is 2.40 bits per heavy atom. The number of aromatic nitrogens is 2. The number of ether oxygens (including phenoxy) is 1. The van der Waals surface area contributed by atoms with E-state index in [1.807, 2.05) is 0 Å². The quantitative estimate of drug-likeness (QED) is 0.852. The summed E-state index contributed by atoms with van der Waals surface area (Å²) in [6, 6.07) is 0. The third-order valence-corrected chi connectivity index (χ3v) is 3.13. The SMILES string of the molecule is CC(C)CN1CCO[C@@H](CNC(=O)c2cnccn2)C1. The molecule has 1 aliphatic heterocycles. The van der Waals surface area contributed by atoms with Crippen LogP contribution in [0.15, 0.2) is 18.6 Å². The van der Waals surface area contributed by atoms with Gasteiger partial charge in [0.05, 0.1) is 18.9 Å². The van der Waals surface area contributed by atoms with E-state index < -0.39 is 0 Å². The minimum atomic E-state index is -0.206. The summed E-state index contributed by atoms with van der Waals surface area (Å²) in [5, 5.41) is 2.85. The van der Waals surface area contributed by atoms with Crippen LogP contribution in [-0.2, 0) is 4.74 Å². The van der Waals surface area contributed by atoms with Crippen LogP contribution in [0, 0.1) is 5.92 Å². The number of amides is 1. The molecule has 6 heteroatoms. The molecule has 1 fully saturated rings. The lowest BCUT2D eigenvalue weighted by molar-refractivity contribution is -0.0295. The van der Waals surface area contributed by atoms with Crippen molar-refractivity contribution < 1.29 is 9.53 Å². The summed E-state index contributed by atoms with van der Waals surface area (Å²) in [4.78, 5) is 22.1. The van der Waals surface area contributed by atoms with Crippen LogP contribution in [-0.4, -0.2) is 59.7 Å². The van der Waals surface area contributed by atoms with Gasteiger partial charge in [0.1, 0.15) is 5.69 Å². The van der Waals surface area contributed by atoms with Crippen molar-refractivity contribution in [2.75, 3.05) is 32.8 Å². The van der Waals surface area contributed by atoms with Crippen LogP contribution < -0.4 is 5.32 Å². The predicted octanol–water partition coefficient (Wildman–Crippen LogP) is 0.563. The third-order valence-electron chi connectivity index (χ3n) is 3.13. The number of carbonyl (C=O) groups is 1. The van der Waals surface area contributed by atoms with Gasteiger partial charge in [-0.1, -0.05) is 13.8 Å². The first-order chi connectivity index (χ1) is 9.65. The molecule has 1 aromatic heterocycles. The highest BCUT2D eigenvalue weighted by atomic mass is 16.5. The van der Waals surface area contributed by atoms with E-state index in [-0.39, 0.29) is 12.0 Å². The first-order valence-corrected chi connectivity index (χ1v) is 7.03. The Morgan fingerprint density at radius 1 is 1.55 bits per heavy atom. The molecule has 1 saturated heterocycles. The maximum absolute atomic E-state index is 11.9. The van der Waals surface area contributed by atoms with E-state index in [1.54, 1.807) is 6.20 Å². The van der Waals surface area contributed by atoms with E-state index in [0.29, 0.717) is 18.2 Å². The molecule has 1 aromatic rings. The number of nitrogens with zero attached hydrogens (tertiary/aromatic N) is 3. The van der Waals surface area contributed by atoms with Gasteiger partial charge in [-0.3, -0.25) is 14.7 Å². The predicted molar refractivity (Wildman–Crippen MR) is 75.4 cm³/mol. The lowest BCUT2D eigenvalue weighted by atomic mass is 10.2. The Morgan fingerprint density at radius 3 is 3.10 bits per heavy atom. The molecule has 1 aliphatic rings. The maximum atomic E-state index is 11.9. The van der Waals surface area contributed by atoms with E-state index >= 15 is 0 Å². The van der Waals surface area contributed by atoms with Crippen molar-refractivity contribution >= 4 is 5.91 Å². The molecule has 0 aromatic carbocycles. The van der Waals surface area contributed by atoms with Gasteiger partial charge in [0.15, 0.2) is 0 Å². The van der Waals surface area contributed by atoms with Crippen molar-refractivity contribution in [3.63, 3.8) is 0 Å². The highest BCUT2D eigenvalue weighted by molar-refractivity contribution is 5.91. The molecular weight excluding hydrogens is 256 g/mol. The second-order valence-corrected chi connectivity index (χ2v) is 5.45. The summed E-state index contributed by atoms with van der Waals surface area (Å²) in [7, 11) is 0. The summed E-state index contributed by atoms with van der Waals surface area (Å²) in [5.74, 6) is 0.436. The Balaban J connectivity index is 1.77. The summed E-state index contributed by atoms with van der Waals surface area (Å²) in [5.41, 5.74) is 0.336. The third kappa shape index (κ3) is 4.54. The zero-order chi connectivity index (χ0) is 14.4. The molecule has 0 unspecified atom stereocenters. The van der Waals surface area contributed by atoms with Crippen LogP contribution in [0.1, 0.15) is 24.3 Å². The van der Waals surface area contributed by atoms with E-state index in [1.165, 1.54) is 12.4 Å². The molecule has 0 spiro atoms. The van der Waals surface area contributed by atoms with Crippen molar-refractivity contribution in [3.05, 3.63) is 24.3 Å². The van der Waals surface area contributed by atoms with Crippen molar-refractivity contribution in [2.45, 2.75) is 20.0 Å². The van der Waals surface area contributed by atoms with Gasteiger partial charge in [0.2, 0.25) is 0 Å². The Hall–Kier alpha value is -1.53. The molecule has 0 saturated carbocycles. The fourth-order valence-electron chi connectivity index (χ4n) is 2.30. The topological polar surface area (TPSA) is 67.3 Å². The molecule has 0 bridgehead atoms. The van der Waals surface area contributed by atoms with Gasteiger partial charge in [-0.15, -0.1) is 0 Å². The standard InChI is InChI=1S/C14H22N4O2/c1-11(2)9-18-5-6-20-12(10-18)7-17-14(19)13-8-15-3-4-16-13/h3-4,8,11-12H,5-7,9-10H2,1-2H3,(H,17,19)/t12-/m0/s1. The molecule has 1 amide bonds. The molecule has 0 aliphatic carbocycles. The highest BCUT2D eigenvalue weighted by Gasteiger charge is 2.21. The van der Waals surface area contributed by atoms with Gasteiger partial charge in [-0.05, 0) is 5.92 Å². The van der Waals surface area contributed by atoms with Gasteiger partial charge < -0.3 is 10.1 Å². The molecule has 2 rings (SSSR count). The Labute approximate surface area is 119 Å². The monoisotopic (exact) mass is 278 g/mol. The number of hydrogen-bond acceptors (Lipinski definition) is 5. The van der Waals surface area contributed by atoms with Crippen molar-refractivity contribution in [2.24, 2.45) is 5.92 Å². The maximum Gasteiger partial charge on any atom is 0.271 e. The zero-order valence-electron chi connectivity index (χ0n) is 12.1. The van der Waals surface area contributed by atoms with Gasteiger partial charge in [0.25, 0.3) is 5.91 Å². The van der Waals surface area contributed by atoms with Crippen LogP contribution in [0.5, 0.6) is 0 Å². The first-order valence-electron chi connectivity index (χ1n) is 7.03. The van der Waals surface area contributed by atoms with Gasteiger partial charge in [-0.25, -0.2) is 4.98 Å². The molecule has 110 valence electrons. The summed E-state index contributed by atoms with van der Waals surface area (Å²) >= 11 is 0. The molecule has 0 radical (unpaired) electrons. The molecular formula is C14H22N4O2. The Kier molecular flexibility index (Phi) is 5.43. The summed E-state index contributed by atoms with van der Waals surface area (Å²) in [6.45, 7) is 8.53. The van der Waals surface area contributed by atoms with E-state index in [4.69, 9.17) is 4.74 Å². The summed E-state index contributed by atoms with van der Waals surface area (Å²) < 4.78 is 5.68. The van der Waals surface area contributed by atoms with Gasteiger partial charge in [0, 0.05) is 38.6 Å². The number of morpholine rings is 1. The smallest absolute Gasteiger partial charge is 0.271 e. The summed E-state index contributed by atoms with van der Waals surface area (Å²) in [6.07, 6.45) is 4.56. The number of rotatable bonds is 5. The van der Waals surface area contributed by atoms with Gasteiger partial charge >= 0.3 is 0 Å². The first kappa shape index (κ1) is 14.9. The van der Waals surface area contributed by atoms with Crippen LogP contribution in [0.2, 0.25) is 0 Å². The van der Waals surface area contributed by atoms with Crippen LogP contribution in [0.3, 0.4) is 0 Å². The normalized spacial score (nSPS) is 20.1. The van der Waals surface area contributed by atoms with E-state index in [2.05, 4.69) is 34.0 Å². The highest BCUT2D eigenvalue weighted by Crippen LogP contribution is 2.07. The average Bonchev–Trinajstić information content (AvgIpc) is 2.45.